The largest absolute Gasteiger partial charge is 0.489 e. The van der Waals surface area contributed by atoms with Gasteiger partial charge in [0.25, 0.3) is 0 Å². The molecule has 9 aromatic heterocycles. The molecule has 0 aliphatic rings. The minimum absolute atomic E-state index is 0.0318. The highest BCUT2D eigenvalue weighted by Gasteiger charge is 2.17. The van der Waals surface area contributed by atoms with Crippen molar-refractivity contribution in [3.63, 3.8) is 0 Å². The summed E-state index contributed by atoms with van der Waals surface area (Å²) in [6.45, 7) is 0.365. The summed E-state index contributed by atoms with van der Waals surface area (Å²) in [5.41, 5.74) is 12.7. The molecule has 0 saturated heterocycles. The molecule has 534 valence electrons. The van der Waals surface area contributed by atoms with Crippen molar-refractivity contribution in [3.05, 3.63) is 247 Å². The smallest absolute Gasteiger partial charge is 0.130 e. The lowest BCUT2D eigenvalue weighted by Crippen LogP contribution is -2.08. The van der Waals surface area contributed by atoms with Crippen LogP contribution in [0, 0.1) is 0 Å². The molecule has 0 saturated carbocycles. The van der Waals surface area contributed by atoms with Gasteiger partial charge in [0.2, 0.25) is 0 Å². The van der Waals surface area contributed by atoms with Crippen molar-refractivity contribution in [2.24, 2.45) is 0 Å². The van der Waals surface area contributed by atoms with Crippen LogP contribution in [0.3, 0.4) is 0 Å². The number of benzene rings is 1. The zero-order valence-corrected chi connectivity index (χ0v) is 63.3. The predicted octanol–water partition coefficient (Wildman–Crippen LogP) is 19.3. The number of aromatic nitrogens is 9. The molecule has 10 aromatic rings. The highest BCUT2D eigenvalue weighted by atomic mass is 35.5. The first-order chi connectivity index (χ1) is 49.7. The SMILES string of the molecule is ClCc1cc(OCc2cc(OCc3cc(COc4cc(COc5cc(CCl)nc(CCl)c5)nc(COc5cc(CCl)nc(CCl)c5)c4)cc(COc4cc(COc5cc(CCl)nc(CCl)c5)nc(COc5cc(CCl)nc(CCl)c5)c4)c3)cc(COc3cc(CCl)nc(CCl)c3)n2)cc(CCl)n1. The molecule has 0 aliphatic carbocycles. The van der Waals surface area contributed by atoms with Crippen LogP contribution in [0.1, 0.15) is 119 Å². The third-order valence-corrected chi connectivity index (χ3v) is 17.7. The lowest BCUT2D eigenvalue weighted by molar-refractivity contribution is 0.275. The molecule has 0 N–H and O–H groups in total. The number of hydrogen-bond acceptors (Lipinski definition) is 18. The van der Waals surface area contributed by atoms with Crippen LogP contribution in [0.15, 0.2) is 127 Å². The lowest BCUT2D eigenvalue weighted by Gasteiger charge is -2.16. The fourth-order valence-electron chi connectivity index (χ4n) is 10.1. The van der Waals surface area contributed by atoms with E-state index in [4.69, 9.17) is 197 Å². The minimum atomic E-state index is 0.0318. The first-order valence-electron chi connectivity index (χ1n) is 31.2. The summed E-state index contributed by atoms with van der Waals surface area (Å²) in [6.07, 6.45) is 0. The van der Waals surface area contributed by atoms with Crippen LogP contribution < -0.4 is 42.6 Å². The van der Waals surface area contributed by atoms with Gasteiger partial charge in [-0.25, -0.2) is 0 Å². The summed E-state index contributed by atoms with van der Waals surface area (Å²) in [5.74, 6) is 6.37. The lowest BCUT2D eigenvalue weighted by atomic mass is 10.1. The molecule has 9 heterocycles. The van der Waals surface area contributed by atoms with E-state index in [9.17, 15) is 0 Å². The van der Waals surface area contributed by atoms with Crippen molar-refractivity contribution in [1.29, 1.82) is 0 Å². The van der Waals surface area contributed by atoms with Crippen molar-refractivity contribution in [3.8, 4) is 51.7 Å². The van der Waals surface area contributed by atoms with Crippen LogP contribution in [-0.2, 0) is 130 Å². The monoisotopic (exact) mass is 1620 g/mol. The summed E-state index contributed by atoms with van der Waals surface area (Å²) in [7, 11) is 0. The van der Waals surface area contributed by atoms with Gasteiger partial charge in [-0.05, 0) is 34.9 Å². The van der Waals surface area contributed by atoms with Crippen molar-refractivity contribution >= 4 is 139 Å². The van der Waals surface area contributed by atoms with Gasteiger partial charge in [-0.1, -0.05) is 0 Å². The molecule has 0 bridgehead atoms. The maximum atomic E-state index is 6.72. The molecule has 0 radical (unpaired) electrons. The predicted molar refractivity (Wildman–Crippen MR) is 398 cm³/mol. The van der Waals surface area contributed by atoms with Crippen LogP contribution in [0.5, 0.6) is 51.7 Å². The van der Waals surface area contributed by atoms with E-state index in [1.807, 2.05) is 18.2 Å². The van der Waals surface area contributed by atoms with E-state index in [2.05, 4.69) is 29.9 Å². The van der Waals surface area contributed by atoms with Gasteiger partial charge in [0, 0.05) is 109 Å². The molecule has 102 heavy (non-hydrogen) atoms. The minimum Gasteiger partial charge on any atom is -0.489 e. The van der Waals surface area contributed by atoms with Crippen molar-refractivity contribution in [1.82, 2.24) is 44.9 Å². The second kappa shape index (κ2) is 39.9. The quantitative estimate of drug-likeness (QED) is 0.0329. The zero-order valence-electron chi connectivity index (χ0n) is 54.2. The normalized spacial score (nSPS) is 11.2. The molecule has 0 unspecified atom stereocenters. The van der Waals surface area contributed by atoms with Gasteiger partial charge < -0.3 is 42.6 Å². The van der Waals surface area contributed by atoms with E-state index >= 15 is 0 Å². The van der Waals surface area contributed by atoms with E-state index < -0.39 is 0 Å². The van der Waals surface area contributed by atoms with Crippen molar-refractivity contribution < 1.29 is 42.6 Å². The summed E-state index contributed by atoms with van der Waals surface area (Å²) in [5, 5.41) is 0. The van der Waals surface area contributed by atoms with E-state index in [0.29, 0.717) is 154 Å². The molecule has 0 aliphatic heterocycles. The number of halogens is 12. The second-order valence-corrected chi connectivity index (χ2v) is 25.6. The first-order valence-corrected chi connectivity index (χ1v) is 37.6. The van der Waals surface area contributed by atoms with Gasteiger partial charge in [0.1, 0.15) is 111 Å². The molecule has 0 spiro atoms. The van der Waals surface area contributed by atoms with Gasteiger partial charge in [0.15, 0.2) is 0 Å². The van der Waals surface area contributed by atoms with Gasteiger partial charge in [-0.2, -0.15) is 0 Å². The van der Waals surface area contributed by atoms with Crippen LogP contribution in [0.2, 0.25) is 0 Å². The Morgan fingerprint density at radius 1 is 0.147 bits per heavy atom. The third-order valence-electron chi connectivity index (χ3n) is 14.4. The van der Waals surface area contributed by atoms with Gasteiger partial charge in [0.05, 0.1) is 173 Å². The molecular weight excluding hydrogens is 1560 g/mol. The van der Waals surface area contributed by atoms with Crippen LogP contribution in [-0.4, -0.2) is 44.9 Å². The van der Waals surface area contributed by atoms with Gasteiger partial charge in [-0.3, -0.25) is 44.9 Å². The first kappa shape index (κ1) is 77.9. The Hall–Kier alpha value is -6.75. The Kier molecular flexibility index (Phi) is 30.5. The third kappa shape index (κ3) is 23.9. The van der Waals surface area contributed by atoms with E-state index in [1.54, 1.807) is 109 Å². The molecule has 30 heteroatoms. The van der Waals surface area contributed by atoms with Gasteiger partial charge >= 0.3 is 0 Å². The van der Waals surface area contributed by atoms with Crippen LogP contribution in [0.25, 0.3) is 0 Å². The maximum absolute atomic E-state index is 6.72. The molecule has 18 nitrogen and oxygen atoms in total. The summed E-state index contributed by atoms with van der Waals surface area (Å²) >= 11 is 74.6. The van der Waals surface area contributed by atoms with E-state index in [1.165, 1.54) is 0 Å². The average molecular weight is 1620 g/mol. The molecule has 0 amide bonds. The Balaban J connectivity index is 0.980. The van der Waals surface area contributed by atoms with Crippen molar-refractivity contribution in [2.45, 2.75) is 130 Å². The number of rotatable bonds is 39. The zero-order chi connectivity index (χ0) is 71.7. The number of ether oxygens (including phenoxy) is 9. The number of pyridine rings is 9. The molecule has 1 aromatic carbocycles. The summed E-state index contributed by atoms with van der Waals surface area (Å²) < 4.78 is 58.0. The number of hydrogen-bond donors (Lipinski definition) is 0. The second-order valence-electron chi connectivity index (χ2n) is 22.4. The fraction of sp³-hybridized carbons (Fsp3) is 0.292. The Bertz CT molecular complexity index is 3640. The summed E-state index contributed by atoms with van der Waals surface area (Å²) in [6, 6.07) is 37.8. The fourth-order valence-corrected chi connectivity index (χ4v) is 11.8. The van der Waals surface area contributed by atoms with Crippen molar-refractivity contribution in [2.75, 3.05) is 0 Å². The molecule has 10 rings (SSSR count). The van der Waals surface area contributed by atoms with Gasteiger partial charge in [-0.15, -0.1) is 139 Å². The Morgan fingerprint density at radius 3 is 0.382 bits per heavy atom. The molecule has 0 fully saturated rings. The molecule has 0 atom stereocenters. The summed E-state index contributed by atoms with van der Waals surface area (Å²) in [4.78, 5) is 41.6. The number of alkyl halides is 12. The van der Waals surface area contributed by atoms with E-state index in [-0.39, 0.29) is 130 Å². The van der Waals surface area contributed by atoms with Crippen LogP contribution >= 0.6 is 139 Å². The molecular formula is C72H63Cl12N9O9. The van der Waals surface area contributed by atoms with E-state index in [0.717, 1.165) is 16.7 Å². The maximum Gasteiger partial charge on any atom is 0.130 e. The standard InChI is InChI=1S/C72H63Cl12N9O9/c73-22-46-4-64(5-47(23-74)85-46)97-37-58-16-70(17-59(91-58)38-98-65-6-48(24-75)86-49(7-65)25-76)94-34-43-1-44(35-95-71-18-60(39-99-66-8-50(26-77)87-51(9-66)27-78)92-61(19-71)40-100-67-10-52(28-79)88-53(11-67)29-80)3-45(2-43)36-96-72-20-62(41-101-68-12-54(30-81)89-55(13-68)31-82)93-63(21-72)42-102-69-14-56(32-83)90-57(15-69)33-84/h1-21H,22-42H2. The topological polar surface area (TPSA) is 199 Å². The highest BCUT2D eigenvalue weighted by Crippen LogP contribution is 2.30. The Morgan fingerprint density at radius 2 is 0.255 bits per heavy atom. The highest BCUT2D eigenvalue weighted by molar-refractivity contribution is 6.19. The number of nitrogens with zero attached hydrogens (tertiary/aromatic N) is 9. The van der Waals surface area contributed by atoms with Crippen LogP contribution in [0.4, 0.5) is 0 Å². The Labute approximate surface area is 649 Å². The average Bonchev–Trinajstić information content (AvgIpc) is 0.853.